The van der Waals surface area contributed by atoms with Crippen LogP contribution in [0.4, 0.5) is 0 Å². The molecule has 2 rings (SSSR count). The lowest BCUT2D eigenvalue weighted by atomic mass is 9.98. The molecule has 1 amide bonds. The highest BCUT2D eigenvalue weighted by atomic mass is 127. The van der Waals surface area contributed by atoms with Gasteiger partial charge in [0, 0.05) is 25.1 Å². The predicted molar refractivity (Wildman–Crippen MR) is 72.7 cm³/mol. The van der Waals surface area contributed by atoms with Crippen LogP contribution in [0.2, 0.25) is 0 Å². The molecular weight excluding hydrogens is 337 g/mol. The van der Waals surface area contributed by atoms with Gasteiger partial charge in [0.25, 0.3) is 5.91 Å². The van der Waals surface area contributed by atoms with Gasteiger partial charge in [-0.25, -0.2) is 0 Å². The lowest BCUT2D eigenvalue weighted by Crippen LogP contribution is -2.40. The van der Waals surface area contributed by atoms with Gasteiger partial charge in [0.1, 0.15) is 0 Å². The molecule has 1 aromatic rings. The van der Waals surface area contributed by atoms with Crippen molar-refractivity contribution >= 4 is 39.8 Å². The summed E-state index contributed by atoms with van der Waals surface area (Å²) in [6.07, 6.45) is 2.03. The second-order valence-corrected chi connectivity index (χ2v) is 6.89. The van der Waals surface area contributed by atoms with E-state index >= 15 is 0 Å². The van der Waals surface area contributed by atoms with Crippen LogP contribution < -0.4 is 0 Å². The van der Waals surface area contributed by atoms with Crippen molar-refractivity contribution in [1.82, 2.24) is 4.90 Å². The van der Waals surface area contributed by atoms with E-state index in [0.717, 1.165) is 27.8 Å². The fourth-order valence-corrected chi connectivity index (χ4v) is 3.32. The molecule has 3 nitrogen and oxygen atoms in total. The molecule has 88 valence electrons. The Hall–Kier alpha value is -0.140. The van der Waals surface area contributed by atoms with Crippen molar-refractivity contribution in [3.05, 3.63) is 19.9 Å². The molecule has 1 aromatic heterocycles. The second-order valence-electron chi connectivity index (χ2n) is 4.08. The molecule has 5 heteroatoms. The quantitative estimate of drug-likeness (QED) is 0.830. The largest absolute Gasteiger partial charge is 0.396 e. The summed E-state index contributed by atoms with van der Waals surface area (Å²) < 4.78 is 1.14. The molecule has 1 aliphatic heterocycles. The highest BCUT2D eigenvalue weighted by molar-refractivity contribution is 14.1. The van der Waals surface area contributed by atoms with Crippen LogP contribution in [0.1, 0.15) is 23.2 Å². The molecule has 1 N–H and O–H groups in total. The van der Waals surface area contributed by atoms with E-state index < -0.39 is 0 Å². The first-order valence-corrected chi connectivity index (χ1v) is 7.30. The summed E-state index contributed by atoms with van der Waals surface area (Å²) >= 11 is 3.82. The number of amides is 1. The van der Waals surface area contributed by atoms with Gasteiger partial charge < -0.3 is 10.0 Å². The van der Waals surface area contributed by atoms with Crippen LogP contribution >= 0.6 is 33.9 Å². The van der Waals surface area contributed by atoms with Crippen molar-refractivity contribution in [3.63, 3.8) is 0 Å². The Morgan fingerprint density at radius 2 is 2.50 bits per heavy atom. The minimum Gasteiger partial charge on any atom is -0.396 e. The Morgan fingerprint density at radius 3 is 3.12 bits per heavy atom. The third-order valence-corrected chi connectivity index (χ3v) is 4.67. The fraction of sp³-hybridized carbons (Fsp3) is 0.545. The van der Waals surface area contributed by atoms with Gasteiger partial charge in [-0.2, -0.15) is 0 Å². The van der Waals surface area contributed by atoms with Crippen LogP contribution in [0.5, 0.6) is 0 Å². The lowest BCUT2D eigenvalue weighted by molar-refractivity contribution is 0.0621. The molecule has 0 saturated carbocycles. The SMILES string of the molecule is O=C(c1csc(I)c1)N1CCCC(CO)C1. The number of thiophene rings is 1. The molecule has 1 atom stereocenters. The van der Waals surface area contributed by atoms with Gasteiger partial charge in [-0.05, 0) is 47.4 Å². The molecule has 0 bridgehead atoms. The molecule has 0 radical (unpaired) electrons. The Bertz CT molecular complexity index is 380. The Kier molecular flexibility index (Phi) is 4.21. The van der Waals surface area contributed by atoms with Crippen LogP contribution in [-0.4, -0.2) is 35.6 Å². The smallest absolute Gasteiger partial charge is 0.254 e. The molecule has 1 aliphatic rings. The average Bonchev–Trinajstić information content (AvgIpc) is 2.75. The Morgan fingerprint density at radius 1 is 1.69 bits per heavy atom. The van der Waals surface area contributed by atoms with Crippen LogP contribution in [-0.2, 0) is 0 Å². The normalized spacial score (nSPS) is 21.1. The maximum Gasteiger partial charge on any atom is 0.254 e. The van der Waals surface area contributed by atoms with Crippen LogP contribution in [0.15, 0.2) is 11.4 Å². The highest BCUT2D eigenvalue weighted by Crippen LogP contribution is 2.21. The first-order valence-electron chi connectivity index (χ1n) is 5.35. The van der Waals surface area contributed by atoms with Crippen molar-refractivity contribution in [1.29, 1.82) is 0 Å². The van der Waals surface area contributed by atoms with Crippen LogP contribution in [0.3, 0.4) is 0 Å². The number of rotatable bonds is 2. The number of likely N-dealkylation sites (tertiary alicyclic amines) is 1. The topological polar surface area (TPSA) is 40.5 Å². The van der Waals surface area contributed by atoms with Gasteiger partial charge in [0.2, 0.25) is 0 Å². The number of aliphatic hydroxyl groups excluding tert-OH is 1. The van der Waals surface area contributed by atoms with E-state index in [0.29, 0.717) is 6.54 Å². The van der Waals surface area contributed by atoms with E-state index in [-0.39, 0.29) is 18.4 Å². The van der Waals surface area contributed by atoms with Gasteiger partial charge >= 0.3 is 0 Å². The average molecular weight is 351 g/mol. The molecule has 0 aromatic carbocycles. The van der Waals surface area contributed by atoms with Gasteiger partial charge in [-0.3, -0.25) is 4.79 Å². The van der Waals surface area contributed by atoms with E-state index in [9.17, 15) is 4.79 Å². The van der Waals surface area contributed by atoms with E-state index in [1.54, 1.807) is 11.3 Å². The summed E-state index contributed by atoms with van der Waals surface area (Å²) in [5, 5.41) is 11.0. The van der Waals surface area contributed by atoms with Crippen LogP contribution in [0, 0.1) is 8.80 Å². The fourth-order valence-electron chi connectivity index (χ4n) is 2.00. The molecule has 16 heavy (non-hydrogen) atoms. The van der Waals surface area contributed by atoms with Crippen LogP contribution in [0.25, 0.3) is 0 Å². The first-order chi connectivity index (χ1) is 7.70. The van der Waals surface area contributed by atoms with Gasteiger partial charge in [-0.1, -0.05) is 0 Å². The minimum absolute atomic E-state index is 0.109. The number of hydrogen-bond acceptors (Lipinski definition) is 3. The minimum atomic E-state index is 0.109. The third kappa shape index (κ3) is 2.75. The molecular formula is C11H14INO2S. The van der Waals surface area contributed by atoms with E-state index in [1.807, 2.05) is 16.3 Å². The van der Waals surface area contributed by atoms with Crippen molar-refractivity contribution in [2.45, 2.75) is 12.8 Å². The third-order valence-electron chi connectivity index (χ3n) is 2.88. The standard InChI is InChI=1S/C11H14INO2S/c12-10-4-9(7-16-10)11(15)13-3-1-2-8(5-13)6-14/h4,7-8,14H,1-3,5-6H2. The Balaban J connectivity index is 2.04. The number of hydrogen-bond donors (Lipinski definition) is 1. The maximum absolute atomic E-state index is 12.1. The molecule has 0 aliphatic carbocycles. The van der Waals surface area contributed by atoms with E-state index in [2.05, 4.69) is 22.6 Å². The summed E-state index contributed by atoms with van der Waals surface area (Å²) in [5.41, 5.74) is 0.785. The number of aliphatic hydroxyl groups is 1. The summed E-state index contributed by atoms with van der Waals surface area (Å²) in [6.45, 7) is 1.70. The zero-order valence-electron chi connectivity index (χ0n) is 8.86. The highest BCUT2D eigenvalue weighted by Gasteiger charge is 2.24. The van der Waals surface area contributed by atoms with E-state index in [1.165, 1.54) is 0 Å². The second kappa shape index (κ2) is 5.46. The first kappa shape index (κ1) is 12.3. The van der Waals surface area contributed by atoms with Crippen molar-refractivity contribution in [2.75, 3.05) is 19.7 Å². The van der Waals surface area contributed by atoms with Crippen molar-refractivity contribution in [3.8, 4) is 0 Å². The summed E-state index contributed by atoms with van der Waals surface area (Å²) in [7, 11) is 0. The number of carbonyl (C=O) groups is 1. The van der Waals surface area contributed by atoms with Crippen molar-refractivity contribution in [2.24, 2.45) is 5.92 Å². The summed E-state index contributed by atoms with van der Waals surface area (Å²) in [4.78, 5) is 14.0. The molecule has 0 spiro atoms. The molecule has 2 heterocycles. The molecule has 1 saturated heterocycles. The summed E-state index contributed by atoms with van der Waals surface area (Å²) in [6, 6.07) is 1.93. The molecule has 1 unspecified atom stereocenters. The van der Waals surface area contributed by atoms with Gasteiger partial charge in [-0.15, -0.1) is 11.3 Å². The zero-order valence-corrected chi connectivity index (χ0v) is 11.8. The number of halogens is 1. The monoisotopic (exact) mass is 351 g/mol. The van der Waals surface area contributed by atoms with Gasteiger partial charge in [0.15, 0.2) is 0 Å². The maximum atomic E-state index is 12.1. The van der Waals surface area contributed by atoms with Crippen molar-refractivity contribution < 1.29 is 9.90 Å². The predicted octanol–water partition coefficient (Wildman–Crippen LogP) is 2.20. The van der Waals surface area contributed by atoms with E-state index in [4.69, 9.17) is 5.11 Å². The Labute approximate surface area is 113 Å². The number of nitrogens with zero attached hydrogens (tertiary/aromatic N) is 1. The number of carbonyl (C=O) groups excluding carboxylic acids is 1. The zero-order chi connectivity index (χ0) is 11.5. The molecule has 1 fully saturated rings. The number of piperidine rings is 1. The summed E-state index contributed by atoms with van der Waals surface area (Å²) in [5.74, 6) is 0.368. The van der Waals surface area contributed by atoms with Gasteiger partial charge in [0.05, 0.1) is 8.45 Å². The lowest BCUT2D eigenvalue weighted by Gasteiger charge is -2.31.